The molecule has 15 heavy (non-hydrogen) atoms. The summed E-state index contributed by atoms with van der Waals surface area (Å²) in [5, 5.41) is 0.540. The molecule has 1 aliphatic rings. The third-order valence-electron chi connectivity index (χ3n) is 2.42. The highest BCUT2D eigenvalue weighted by atomic mass is 32.2. The highest BCUT2D eigenvalue weighted by Gasteiger charge is 2.32. The Balaban J connectivity index is 2.35. The van der Waals surface area contributed by atoms with Crippen molar-refractivity contribution in [3.8, 4) is 0 Å². The molecule has 0 aliphatic carbocycles. The molecule has 0 amide bonds. The standard InChI is InChI=1S/C9H16F3NS2/c1-6-8(15-5-4-14-6)7(13)2-3-9(10,11)12/h6-8H,2-5,13H2,1H3. The lowest BCUT2D eigenvalue weighted by atomic mass is 10.1. The monoisotopic (exact) mass is 259 g/mol. The molecular weight excluding hydrogens is 243 g/mol. The van der Waals surface area contributed by atoms with Gasteiger partial charge in [0.05, 0.1) is 0 Å². The van der Waals surface area contributed by atoms with Crippen LogP contribution in [0.15, 0.2) is 0 Å². The fraction of sp³-hybridized carbons (Fsp3) is 1.00. The summed E-state index contributed by atoms with van der Waals surface area (Å²) < 4.78 is 36.0. The van der Waals surface area contributed by atoms with Crippen LogP contribution in [0.5, 0.6) is 0 Å². The summed E-state index contributed by atoms with van der Waals surface area (Å²) in [4.78, 5) is 0. The molecule has 6 heteroatoms. The molecule has 1 nitrogen and oxygen atoms in total. The van der Waals surface area contributed by atoms with E-state index in [9.17, 15) is 13.2 Å². The molecular formula is C9H16F3NS2. The van der Waals surface area contributed by atoms with Gasteiger partial charge in [-0.3, -0.25) is 0 Å². The van der Waals surface area contributed by atoms with Crippen LogP contribution in [0.25, 0.3) is 0 Å². The minimum Gasteiger partial charge on any atom is -0.327 e. The first-order chi connectivity index (χ1) is 6.90. The van der Waals surface area contributed by atoms with E-state index in [1.807, 2.05) is 0 Å². The highest BCUT2D eigenvalue weighted by Crippen LogP contribution is 2.34. The lowest BCUT2D eigenvalue weighted by Crippen LogP contribution is -2.41. The number of hydrogen-bond acceptors (Lipinski definition) is 3. The number of halogens is 3. The number of rotatable bonds is 3. The second-order valence-corrected chi connectivity index (χ2v) is 6.50. The molecule has 1 aliphatic heterocycles. The minimum atomic E-state index is -4.08. The molecule has 0 aromatic heterocycles. The summed E-state index contributed by atoms with van der Waals surface area (Å²) in [7, 11) is 0. The second kappa shape index (κ2) is 5.68. The van der Waals surface area contributed by atoms with Crippen molar-refractivity contribution in [3.05, 3.63) is 0 Å². The first kappa shape index (κ1) is 13.5. The van der Waals surface area contributed by atoms with Gasteiger partial charge in [-0.1, -0.05) is 6.92 Å². The van der Waals surface area contributed by atoms with Crippen LogP contribution in [0.4, 0.5) is 13.2 Å². The Bertz CT molecular complexity index is 198. The molecule has 1 fully saturated rings. The number of hydrogen-bond donors (Lipinski definition) is 1. The SMILES string of the molecule is CC1SCCSC1C(N)CCC(F)(F)F. The van der Waals surface area contributed by atoms with Crippen molar-refractivity contribution < 1.29 is 13.2 Å². The van der Waals surface area contributed by atoms with Crippen LogP contribution in [0.1, 0.15) is 19.8 Å². The van der Waals surface area contributed by atoms with Crippen molar-refractivity contribution >= 4 is 23.5 Å². The van der Waals surface area contributed by atoms with E-state index in [1.54, 1.807) is 23.5 Å². The Morgan fingerprint density at radius 1 is 1.33 bits per heavy atom. The van der Waals surface area contributed by atoms with Crippen molar-refractivity contribution in [1.29, 1.82) is 0 Å². The summed E-state index contributed by atoms with van der Waals surface area (Å²) in [6, 6.07) is -0.334. The normalized spacial score (nSPS) is 30.2. The first-order valence-electron chi connectivity index (χ1n) is 4.95. The minimum absolute atomic E-state index is 0.0477. The summed E-state index contributed by atoms with van der Waals surface area (Å²) in [5.74, 6) is 2.08. The van der Waals surface area contributed by atoms with Crippen LogP contribution < -0.4 is 5.73 Å². The van der Waals surface area contributed by atoms with Crippen LogP contribution in [0.2, 0.25) is 0 Å². The van der Waals surface area contributed by atoms with Gasteiger partial charge in [0, 0.05) is 34.5 Å². The van der Waals surface area contributed by atoms with E-state index in [4.69, 9.17) is 5.73 Å². The third-order valence-corrected chi connectivity index (χ3v) is 5.69. The van der Waals surface area contributed by atoms with Gasteiger partial charge >= 0.3 is 6.18 Å². The maximum absolute atomic E-state index is 12.0. The Labute approximate surface area is 96.7 Å². The van der Waals surface area contributed by atoms with Crippen LogP contribution in [0.3, 0.4) is 0 Å². The zero-order valence-corrected chi connectivity index (χ0v) is 10.2. The largest absolute Gasteiger partial charge is 0.389 e. The molecule has 0 saturated carbocycles. The van der Waals surface area contributed by atoms with Gasteiger partial charge in [0.2, 0.25) is 0 Å². The fourth-order valence-electron chi connectivity index (χ4n) is 1.61. The van der Waals surface area contributed by atoms with Gasteiger partial charge in [-0.25, -0.2) is 0 Å². The molecule has 1 heterocycles. The molecule has 90 valence electrons. The first-order valence-corrected chi connectivity index (χ1v) is 7.05. The van der Waals surface area contributed by atoms with Gasteiger partial charge in [-0.2, -0.15) is 36.7 Å². The lowest BCUT2D eigenvalue weighted by molar-refractivity contribution is -0.136. The maximum Gasteiger partial charge on any atom is 0.389 e. The van der Waals surface area contributed by atoms with E-state index in [-0.39, 0.29) is 17.7 Å². The van der Waals surface area contributed by atoms with E-state index in [0.29, 0.717) is 5.25 Å². The van der Waals surface area contributed by atoms with Crippen molar-refractivity contribution in [1.82, 2.24) is 0 Å². The Morgan fingerprint density at radius 3 is 2.47 bits per heavy atom. The van der Waals surface area contributed by atoms with E-state index in [1.165, 1.54) is 0 Å². The molecule has 0 bridgehead atoms. The van der Waals surface area contributed by atoms with Gasteiger partial charge in [-0.05, 0) is 6.42 Å². The lowest BCUT2D eigenvalue weighted by Gasteiger charge is -2.32. The predicted molar refractivity (Wildman–Crippen MR) is 61.4 cm³/mol. The number of nitrogens with two attached hydrogens (primary N) is 1. The summed E-state index contributed by atoms with van der Waals surface area (Å²) >= 11 is 3.52. The van der Waals surface area contributed by atoms with Gasteiger partial charge < -0.3 is 5.73 Å². The molecule has 1 rings (SSSR count). The second-order valence-electron chi connectivity index (χ2n) is 3.73. The van der Waals surface area contributed by atoms with Gasteiger partial charge in [-0.15, -0.1) is 0 Å². The van der Waals surface area contributed by atoms with Gasteiger partial charge in [0.15, 0.2) is 0 Å². The third kappa shape index (κ3) is 4.87. The molecule has 0 radical (unpaired) electrons. The van der Waals surface area contributed by atoms with Crippen molar-refractivity contribution in [2.45, 2.75) is 42.5 Å². The zero-order chi connectivity index (χ0) is 11.5. The summed E-state index contributed by atoms with van der Waals surface area (Å²) in [5.41, 5.74) is 5.81. The topological polar surface area (TPSA) is 26.0 Å². The summed E-state index contributed by atoms with van der Waals surface area (Å²) in [6.45, 7) is 2.05. The van der Waals surface area contributed by atoms with E-state index in [2.05, 4.69) is 6.92 Å². The van der Waals surface area contributed by atoms with Crippen LogP contribution in [-0.4, -0.2) is 34.2 Å². The van der Waals surface area contributed by atoms with Crippen molar-refractivity contribution in [2.24, 2.45) is 5.73 Å². The Morgan fingerprint density at radius 2 is 1.93 bits per heavy atom. The smallest absolute Gasteiger partial charge is 0.327 e. The zero-order valence-electron chi connectivity index (χ0n) is 8.59. The van der Waals surface area contributed by atoms with E-state index < -0.39 is 12.6 Å². The number of alkyl halides is 3. The Hall–Kier alpha value is 0.450. The molecule has 0 aromatic carbocycles. The van der Waals surface area contributed by atoms with Gasteiger partial charge in [0.25, 0.3) is 0 Å². The molecule has 2 N–H and O–H groups in total. The highest BCUT2D eigenvalue weighted by molar-refractivity contribution is 8.07. The maximum atomic E-state index is 12.0. The predicted octanol–water partition coefficient (Wildman–Crippen LogP) is 2.89. The van der Waals surface area contributed by atoms with E-state index in [0.717, 1.165) is 11.5 Å². The van der Waals surface area contributed by atoms with Crippen LogP contribution in [-0.2, 0) is 0 Å². The quantitative estimate of drug-likeness (QED) is 0.844. The summed E-state index contributed by atoms with van der Waals surface area (Å²) in [6.07, 6.45) is -4.79. The number of thioether (sulfide) groups is 2. The van der Waals surface area contributed by atoms with E-state index >= 15 is 0 Å². The van der Waals surface area contributed by atoms with Gasteiger partial charge in [0.1, 0.15) is 0 Å². The molecule has 0 spiro atoms. The average molecular weight is 259 g/mol. The fourth-order valence-corrected chi connectivity index (χ4v) is 4.55. The van der Waals surface area contributed by atoms with Crippen LogP contribution >= 0.6 is 23.5 Å². The molecule has 0 aromatic rings. The average Bonchev–Trinajstić information content (AvgIpc) is 2.14. The van der Waals surface area contributed by atoms with Crippen molar-refractivity contribution in [2.75, 3.05) is 11.5 Å². The molecule has 3 unspecified atom stereocenters. The molecule has 1 saturated heterocycles. The molecule has 3 atom stereocenters. The van der Waals surface area contributed by atoms with Crippen LogP contribution in [0, 0.1) is 0 Å². The van der Waals surface area contributed by atoms with Crippen molar-refractivity contribution in [3.63, 3.8) is 0 Å². The Kier molecular flexibility index (Phi) is 5.12.